The summed E-state index contributed by atoms with van der Waals surface area (Å²) in [5, 5.41) is 8.62. The second-order valence-electron chi connectivity index (χ2n) is 7.93. The van der Waals surface area contributed by atoms with E-state index in [0.717, 1.165) is 29.7 Å². The first-order valence-corrected chi connectivity index (χ1v) is 11.6. The van der Waals surface area contributed by atoms with Gasteiger partial charge in [0.05, 0.1) is 17.9 Å². The Morgan fingerprint density at radius 1 is 0.882 bits per heavy atom. The molecule has 0 spiro atoms. The molecule has 3 N–H and O–H groups in total. The second kappa shape index (κ2) is 12.0. The van der Waals surface area contributed by atoms with Gasteiger partial charge in [0.2, 0.25) is 0 Å². The summed E-state index contributed by atoms with van der Waals surface area (Å²) >= 11 is 5.32. The van der Waals surface area contributed by atoms with Crippen LogP contribution in [0.2, 0.25) is 0 Å². The molecule has 34 heavy (non-hydrogen) atoms. The van der Waals surface area contributed by atoms with Crippen LogP contribution >= 0.6 is 12.2 Å². The highest BCUT2D eigenvalue weighted by Crippen LogP contribution is 2.19. The molecule has 0 fully saturated rings. The quantitative estimate of drug-likeness (QED) is 0.281. The Hall–Kier alpha value is -3.71. The number of thiocarbonyl (C=S) groups is 1. The number of aryl methyl sites for hydroxylation is 2. The number of hydrogen-bond donors (Lipinski definition) is 3. The lowest BCUT2D eigenvalue weighted by Gasteiger charge is -2.14. The lowest BCUT2D eigenvalue weighted by atomic mass is 10.1. The number of carbonyl (C=O) groups is 2. The van der Waals surface area contributed by atoms with E-state index >= 15 is 0 Å². The lowest BCUT2D eigenvalue weighted by Crippen LogP contribution is -2.34. The number of hydrogen-bond acceptors (Lipinski definition) is 4. The molecule has 3 aromatic carbocycles. The Balaban J connectivity index is 1.62. The van der Waals surface area contributed by atoms with Gasteiger partial charge in [-0.25, -0.2) is 0 Å². The van der Waals surface area contributed by atoms with Gasteiger partial charge in [0.15, 0.2) is 5.11 Å². The molecule has 176 valence electrons. The predicted octanol–water partition coefficient (Wildman–Crippen LogP) is 5.86. The number of carbonyl (C=O) groups excluding carboxylic acids is 2. The van der Waals surface area contributed by atoms with Crippen molar-refractivity contribution in [2.45, 2.75) is 33.6 Å². The van der Waals surface area contributed by atoms with E-state index in [2.05, 4.69) is 22.9 Å². The van der Waals surface area contributed by atoms with Crippen LogP contribution in [-0.4, -0.2) is 23.5 Å². The Morgan fingerprint density at radius 2 is 1.62 bits per heavy atom. The first-order valence-electron chi connectivity index (χ1n) is 11.2. The molecule has 6 nitrogen and oxygen atoms in total. The van der Waals surface area contributed by atoms with E-state index in [4.69, 9.17) is 17.0 Å². The van der Waals surface area contributed by atoms with Crippen LogP contribution in [-0.2, 0) is 0 Å². The fraction of sp³-hybridized carbons (Fsp3) is 0.222. The molecule has 0 atom stereocenters. The maximum atomic E-state index is 12.9. The highest BCUT2D eigenvalue weighted by Gasteiger charge is 2.14. The number of nitrogens with one attached hydrogen (secondary N) is 3. The average Bonchev–Trinajstić information content (AvgIpc) is 2.82. The summed E-state index contributed by atoms with van der Waals surface area (Å²) < 4.78 is 5.62. The van der Waals surface area contributed by atoms with Gasteiger partial charge >= 0.3 is 0 Å². The van der Waals surface area contributed by atoms with Gasteiger partial charge in [-0.1, -0.05) is 31.5 Å². The van der Waals surface area contributed by atoms with Crippen molar-refractivity contribution in [3.8, 4) is 5.75 Å². The van der Waals surface area contributed by atoms with Crippen molar-refractivity contribution in [1.29, 1.82) is 0 Å². The average molecular weight is 476 g/mol. The summed E-state index contributed by atoms with van der Waals surface area (Å²) in [6.07, 6.45) is 2.04. The van der Waals surface area contributed by atoms with Gasteiger partial charge in [0, 0.05) is 11.3 Å². The van der Waals surface area contributed by atoms with Crippen molar-refractivity contribution in [1.82, 2.24) is 5.32 Å². The molecule has 0 aliphatic carbocycles. The molecule has 0 radical (unpaired) electrons. The second-order valence-corrected chi connectivity index (χ2v) is 8.34. The fourth-order valence-corrected chi connectivity index (χ4v) is 3.38. The minimum absolute atomic E-state index is 0.0969. The standard InChI is InChI=1S/C27H29N3O3S/c1-4-5-16-33-22-14-11-20(12-15-22)25(31)30-27(34)29-24-9-7-6-8-23(24)26(32)28-21-13-10-18(2)19(3)17-21/h6-15,17H,4-5,16H2,1-3H3,(H,28,32)(H2,29,30,31,34). The fourth-order valence-electron chi connectivity index (χ4n) is 3.17. The number of unbranched alkanes of at least 4 members (excludes halogenated alkanes) is 1. The van der Waals surface area contributed by atoms with Gasteiger partial charge in [-0.15, -0.1) is 0 Å². The molecule has 3 rings (SSSR count). The molecule has 0 heterocycles. The van der Waals surface area contributed by atoms with Crippen molar-refractivity contribution < 1.29 is 14.3 Å². The van der Waals surface area contributed by atoms with Gasteiger partial charge in [0.25, 0.3) is 11.8 Å². The first-order chi connectivity index (χ1) is 16.4. The number of rotatable bonds is 8. The molecule has 0 saturated carbocycles. The van der Waals surface area contributed by atoms with E-state index in [0.29, 0.717) is 29.1 Å². The van der Waals surface area contributed by atoms with Crippen molar-refractivity contribution in [3.05, 3.63) is 89.0 Å². The maximum absolute atomic E-state index is 12.9. The number of ether oxygens (including phenoxy) is 1. The van der Waals surface area contributed by atoms with E-state index in [1.807, 2.05) is 32.0 Å². The topological polar surface area (TPSA) is 79.5 Å². The van der Waals surface area contributed by atoms with Crippen LogP contribution in [0.5, 0.6) is 5.75 Å². The van der Waals surface area contributed by atoms with Crippen LogP contribution in [0.3, 0.4) is 0 Å². The Kier molecular flexibility index (Phi) is 8.76. The van der Waals surface area contributed by atoms with Gasteiger partial charge in [-0.3, -0.25) is 14.9 Å². The zero-order chi connectivity index (χ0) is 24.5. The molecule has 0 unspecified atom stereocenters. The van der Waals surface area contributed by atoms with E-state index in [1.54, 1.807) is 48.5 Å². The van der Waals surface area contributed by atoms with E-state index in [1.165, 1.54) is 0 Å². The van der Waals surface area contributed by atoms with E-state index in [-0.39, 0.29) is 16.9 Å². The molecule has 0 saturated heterocycles. The van der Waals surface area contributed by atoms with E-state index < -0.39 is 0 Å². The van der Waals surface area contributed by atoms with Crippen LogP contribution in [0, 0.1) is 13.8 Å². The summed E-state index contributed by atoms with van der Waals surface area (Å²) in [5.74, 6) is 0.0863. The maximum Gasteiger partial charge on any atom is 0.257 e. The van der Waals surface area contributed by atoms with E-state index in [9.17, 15) is 9.59 Å². The zero-order valence-electron chi connectivity index (χ0n) is 19.6. The minimum Gasteiger partial charge on any atom is -0.494 e. The van der Waals surface area contributed by atoms with Crippen LogP contribution in [0.25, 0.3) is 0 Å². The number of amides is 2. The van der Waals surface area contributed by atoms with Crippen molar-refractivity contribution in [2.24, 2.45) is 0 Å². The highest BCUT2D eigenvalue weighted by molar-refractivity contribution is 7.80. The van der Waals surface area contributed by atoms with Crippen molar-refractivity contribution in [2.75, 3.05) is 17.2 Å². The molecule has 0 aliphatic heterocycles. The van der Waals surface area contributed by atoms with Crippen LogP contribution in [0.15, 0.2) is 66.7 Å². The van der Waals surface area contributed by atoms with Gasteiger partial charge < -0.3 is 15.4 Å². The molecular weight excluding hydrogens is 446 g/mol. The van der Waals surface area contributed by atoms with Crippen molar-refractivity contribution >= 4 is 40.5 Å². The molecule has 0 aromatic heterocycles. The molecular formula is C27H29N3O3S. The molecule has 7 heteroatoms. The first kappa shape index (κ1) is 24.9. The SMILES string of the molecule is CCCCOc1ccc(C(=O)NC(=S)Nc2ccccc2C(=O)Nc2ccc(C)c(C)c2)cc1. The summed E-state index contributed by atoms with van der Waals surface area (Å²) in [6, 6.07) is 19.6. The summed E-state index contributed by atoms with van der Waals surface area (Å²) in [4.78, 5) is 25.5. The monoisotopic (exact) mass is 475 g/mol. The summed E-state index contributed by atoms with van der Waals surface area (Å²) in [6.45, 7) is 6.76. The molecule has 0 bridgehead atoms. The van der Waals surface area contributed by atoms with Gasteiger partial charge in [-0.2, -0.15) is 0 Å². The molecule has 3 aromatic rings. The third-order valence-electron chi connectivity index (χ3n) is 5.29. The lowest BCUT2D eigenvalue weighted by molar-refractivity contribution is 0.0976. The number of para-hydroxylation sites is 1. The van der Waals surface area contributed by atoms with Crippen LogP contribution in [0.4, 0.5) is 11.4 Å². The van der Waals surface area contributed by atoms with Crippen molar-refractivity contribution in [3.63, 3.8) is 0 Å². The Labute approximate surface area is 205 Å². The Bertz CT molecular complexity index is 1180. The van der Waals surface area contributed by atoms with Crippen LogP contribution in [0.1, 0.15) is 51.6 Å². The third-order valence-corrected chi connectivity index (χ3v) is 5.50. The van der Waals surface area contributed by atoms with Gasteiger partial charge in [0.1, 0.15) is 5.75 Å². The highest BCUT2D eigenvalue weighted by atomic mass is 32.1. The Morgan fingerprint density at radius 3 is 2.32 bits per heavy atom. The predicted molar refractivity (Wildman–Crippen MR) is 141 cm³/mol. The molecule has 2 amide bonds. The zero-order valence-corrected chi connectivity index (χ0v) is 20.4. The number of anilines is 2. The number of benzene rings is 3. The largest absolute Gasteiger partial charge is 0.494 e. The summed E-state index contributed by atoms with van der Waals surface area (Å²) in [5.41, 5.74) is 4.31. The smallest absolute Gasteiger partial charge is 0.257 e. The normalized spacial score (nSPS) is 10.3. The third kappa shape index (κ3) is 6.89. The summed E-state index contributed by atoms with van der Waals surface area (Å²) in [7, 11) is 0. The minimum atomic E-state index is -0.352. The van der Waals surface area contributed by atoms with Gasteiger partial charge in [-0.05, 0) is 92.1 Å². The molecule has 0 aliphatic rings. The van der Waals surface area contributed by atoms with Crippen LogP contribution < -0.4 is 20.7 Å².